The topological polar surface area (TPSA) is 84.3 Å². The van der Waals surface area contributed by atoms with Crippen molar-refractivity contribution in [3.05, 3.63) is 69.5 Å². The van der Waals surface area contributed by atoms with Crippen LogP contribution in [0.2, 0.25) is 0 Å². The molecule has 0 radical (unpaired) electrons. The number of carbonyl (C=O) groups excluding carboxylic acids is 1. The molecule has 0 spiro atoms. The number of benzene rings is 2. The monoisotopic (exact) mass is 345 g/mol. The molecule has 2 N–H and O–H groups in total. The SMILES string of the molecule is CNC(=O)c1cc([N+](=O)[O-])ccc1NCC(C)(C)c1ccc(F)cc1. The van der Waals surface area contributed by atoms with Crippen molar-refractivity contribution in [2.24, 2.45) is 0 Å². The molecule has 2 rings (SSSR count). The predicted octanol–water partition coefficient (Wildman–Crippen LogP) is 3.48. The number of non-ortho nitro benzene ring substituents is 1. The molecule has 0 saturated heterocycles. The number of hydrogen-bond donors (Lipinski definition) is 2. The normalized spacial score (nSPS) is 11.0. The molecule has 0 aromatic heterocycles. The number of hydrogen-bond acceptors (Lipinski definition) is 4. The first-order valence-electron chi connectivity index (χ1n) is 7.75. The van der Waals surface area contributed by atoms with Crippen LogP contribution in [-0.4, -0.2) is 24.4 Å². The molecule has 2 aromatic carbocycles. The maximum Gasteiger partial charge on any atom is 0.270 e. The van der Waals surface area contributed by atoms with Crippen LogP contribution in [0.4, 0.5) is 15.8 Å². The number of amides is 1. The minimum atomic E-state index is -0.543. The second-order valence-electron chi connectivity index (χ2n) is 6.31. The van der Waals surface area contributed by atoms with E-state index in [0.717, 1.165) is 5.56 Å². The van der Waals surface area contributed by atoms with Gasteiger partial charge in [-0.1, -0.05) is 26.0 Å². The van der Waals surface area contributed by atoms with E-state index in [0.29, 0.717) is 12.2 Å². The summed E-state index contributed by atoms with van der Waals surface area (Å²) in [5.74, 6) is -0.712. The summed E-state index contributed by atoms with van der Waals surface area (Å²) >= 11 is 0. The zero-order valence-corrected chi connectivity index (χ0v) is 14.3. The van der Waals surface area contributed by atoms with Crippen molar-refractivity contribution in [2.45, 2.75) is 19.3 Å². The Kier molecular flexibility index (Phi) is 5.36. The van der Waals surface area contributed by atoms with Crippen molar-refractivity contribution < 1.29 is 14.1 Å². The van der Waals surface area contributed by atoms with Gasteiger partial charge in [-0.05, 0) is 23.8 Å². The van der Waals surface area contributed by atoms with Crippen LogP contribution in [0.25, 0.3) is 0 Å². The highest BCUT2D eigenvalue weighted by atomic mass is 19.1. The lowest BCUT2D eigenvalue weighted by atomic mass is 9.84. The van der Waals surface area contributed by atoms with Crippen LogP contribution in [0, 0.1) is 15.9 Å². The van der Waals surface area contributed by atoms with E-state index < -0.39 is 10.8 Å². The van der Waals surface area contributed by atoms with Gasteiger partial charge in [-0.2, -0.15) is 0 Å². The molecule has 0 bridgehead atoms. The van der Waals surface area contributed by atoms with Gasteiger partial charge in [0.25, 0.3) is 11.6 Å². The smallest absolute Gasteiger partial charge is 0.270 e. The fraction of sp³-hybridized carbons (Fsp3) is 0.278. The predicted molar refractivity (Wildman–Crippen MR) is 94.4 cm³/mol. The molecule has 0 unspecified atom stereocenters. The molecule has 0 saturated carbocycles. The molecular weight excluding hydrogens is 325 g/mol. The second-order valence-corrected chi connectivity index (χ2v) is 6.31. The number of nitro groups is 1. The molecule has 0 heterocycles. The molecule has 132 valence electrons. The Morgan fingerprint density at radius 2 is 1.84 bits per heavy atom. The van der Waals surface area contributed by atoms with E-state index in [-0.39, 0.29) is 22.5 Å². The quantitative estimate of drug-likeness (QED) is 0.620. The van der Waals surface area contributed by atoms with Crippen LogP contribution in [0.5, 0.6) is 0 Å². The minimum absolute atomic E-state index is 0.151. The van der Waals surface area contributed by atoms with Gasteiger partial charge < -0.3 is 10.6 Å². The summed E-state index contributed by atoms with van der Waals surface area (Å²) in [6.45, 7) is 4.43. The Morgan fingerprint density at radius 1 is 1.20 bits per heavy atom. The van der Waals surface area contributed by atoms with Crippen molar-refractivity contribution >= 4 is 17.3 Å². The van der Waals surface area contributed by atoms with Gasteiger partial charge in [0.1, 0.15) is 5.82 Å². The molecular formula is C18H20FN3O3. The van der Waals surface area contributed by atoms with Crippen molar-refractivity contribution in [2.75, 3.05) is 18.9 Å². The summed E-state index contributed by atoms with van der Waals surface area (Å²) in [4.78, 5) is 22.4. The van der Waals surface area contributed by atoms with Gasteiger partial charge in [0.05, 0.1) is 10.5 Å². The number of halogens is 1. The van der Waals surface area contributed by atoms with Gasteiger partial charge in [-0.3, -0.25) is 14.9 Å². The zero-order chi connectivity index (χ0) is 18.6. The van der Waals surface area contributed by atoms with Gasteiger partial charge in [0, 0.05) is 36.8 Å². The van der Waals surface area contributed by atoms with Crippen LogP contribution in [0.15, 0.2) is 42.5 Å². The van der Waals surface area contributed by atoms with E-state index in [1.807, 2.05) is 13.8 Å². The third-order valence-corrected chi connectivity index (χ3v) is 4.03. The van der Waals surface area contributed by atoms with Crippen LogP contribution < -0.4 is 10.6 Å². The van der Waals surface area contributed by atoms with E-state index >= 15 is 0 Å². The molecule has 0 aliphatic heterocycles. The lowest BCUT2D eigenvalue weighted by Gasteiger charge is -2.26. The second kappa shape index (κ2) is 7.29. The molecule has 0 aliphatic rings. The van der Waals surface area contributed by atoms with E-state index in [1.165, 1.54) is 37.4 Å². The van der Waals surface area contributed by atoms with Gasteiger partial charge >= 0.3 is 0 Å². The van der Waals surface area contributed by atoms with Gasteiger partial charge in [0.15, 0.2) is 0 Å². The first-order valence-corrected chi connectivity index (χ1v) is 7.75. The van der Waals surface area contributed by atoms with Crippen molar-refractivity contribution in [1.82, 2.24) is 5.32 Å². The molecule has 25 heavy (non-hydrogen) atoms. The molecule has 0 atom stereocenters. The van der Waals surface area contributed by atoms with E-state index in [2.05, 4.69) is 10.6 Å². The van der Waals surface area contributed by atoms with Crippen LogP contribution in [-0.2, 0) is 5.41 Å². The van der Waals surface area contributed by atoms with Gasteiger partial charge in [0.2, 0.25) is 0 Å². The Morgan fingerprint density at radius 3 is 2.40 bits per heavy atom. The van der Waals surface area contributed by atoms with E-state index in [9.17, 15) is 19.3 Å². The number of rotatable bonds is 6. The van der Waals surface area contributed by atoms with Crippen molar-refractivity contribution in [3.63, 3.8) is 0 Å². The molecule has 1 amide bonds. The van der Waals surface area contributed by atoms with Crippen LogP contribution in [0.1, 0.15) is 29.8 Å². The fourth-order valence-corrected chi connectivity index (χ4v) is 2.44. The lowest BCUT2D eigenvalue weighted by molar-refractivity contribution is -0.384. The summed E-state index contributed by atoms with van der Waals surface area (Å²) in [7, 11) is 1.47. The highest BCUT2D eigenvalue weighted by Crippen LogP contribution is 2.27. The lowest BCUT2D eigenvalue weighted by Crippen LogP contribution is -2.29. The standard InChI is InChI=1S/C18H20FN3O3/c1-18(2,12-4-6-13(19)7-5-12)11-21-16-9-8-14(22(24)25)10-15(16)17(23)20-3/h4-10,21H,11H2,1-3H3,(H,20,23). The average Bonchev–Trinajstić information content (AvgIpc) is 2.59. The van der Waals surface area contributed by atoms with Crippen molar-refractivity contribution in [1.29, 1.82) is 0 Å². The minimum Gasteiger partial charge on any atom is -0.384 e. The van der Waals surface area contributed by atoms with Gasteiger partial charge in [-0.15, -0.1) is 0 Å². The third kappa shape index (κ3) is 4.32. The highest BCUT2D eigenvalue weighted by Gasteiger charge is 2.22. The maximum atomic E-state index is 13.1. The summed E-state index contributed by atoms with van der Waals surface area (Å²) < 4.78 is 13.1. The molecule has 2 aromatic rings. The van der Waals surface area contributed by atoms with Crippen molar-refractivity contribution in [3.8, 4) is 0 Å². The largest absolute Gasteiger partial charge is 0.384 e. The summed E-state index contributed by atoms with van der Waals surface area (Å²) in [5, 5.41) is 16.6. The van der Waals surface area contributed by atoms with Gasteiger partial charge in [-0.25, -0.2) is 4.39 Å². The molecule has 0 fully saturated rings. The maximum absolute atomic E-state index is 13.1. The van der Waals surface area contributed by atoms with E-state index in [1.54, 1.807) is 12.1 Å². The van der Waals surface area contributed by atoms with E-state index in [4.69, 9.17) is 0 Å². The summed E-state index contributed by atoms with van der Waals surface area (Å²) in [6.07, 6.45) is 0. The van der Waals surface area contributed by atoms with Crippen LogP contribution in [0.3, 0.4) is 0 Å². The molecule has 6 nitrogen and oxygen atoms in total. The number of anilines is 1. The first kappa shape index (κ1) is 18.4. The molecule has 7 heteroatoms. The molecule has 0 aliphatic carbocycles. The Balaban J connectivity index is 2.25. The summed E-state index contributed by atoms with van der Waals surface area (Å²) in [5.41, 5.74) is 1.15. The first-order chi connectivity index (χ1) is 11.7. The Bertz CT molecular complexity index is 789. The number of nitro benzene ring substituents is 1. The fourth-order valence-electron chi connectivity index (χ4n) is 2.44. The summed E-state index contributed by atoms with van der Waals surface area (Å²) in [6, 6.07) is 10.3. The Hall–Kier alpha value is -2.96. The number of carbonyl (C=O) groups is 1. The van der Waals surface area contributed by atoms with Crippen LogP contribution >= 0.6 is 0 Å². The zero-order valence-electron chi connectivity index (χ0n) is 14.3. The number of nitrogens with zero attached hydrogens (tertiary/aromatic N) is 1. The highest BCUT2D eigenvalue weighted by molar-refractivity contribution is 6.00. The number of nitrogens with one attached hydrogen (secondary N) is 2. The average molecular weight is 345 g/mol. The Labute approximate surface area is 145 Å². The third-order valence-electron chi connectivity index (χ3n) is 4.03.